The molecule has 2 aliphatic heterocycles. The number of ether oxygens (including phenoxy) is 2. The van der Waals surface area contributed by atoms with Crippen LogP contribution in [0.2, 0.25) is 0 Å². The van der Waals surface area contributed by atoms with Crippen molar-refractivity contribution in [2.45, 2.75) is 18.9 Å². The summed E-state index contributed by atoms with van der Waals surface area (Å²) < 4.78 is 35.7. The van der Waals surface area contributed by atoms with E-state index in [1.54, 1.807) is 0 Å². The molecule has 78 valence electrons. The van der Waals surface area contributed by atoms with Crippen LogP contribution in [0.5, 0.6) is 0 Å². The van der Waals surface area contributed by atoms with Crippen molar-refractivity contribution < 1.29 is 17.9 Å². The van der Waals surface area contributed by atoms with E-state index in [4.69, 9.17) is 9.47 Å². The number of sulfonamides is 1. The highest BCUT2D eigenvalue weighted by Crippen LogP contribution is 2.16. The van der Waals surface area contributed by atoms with E-state index < -0.39 is 10.0 Å². The molecule has 2 heterocycles. The van der Waals surface area contributed by atoms with Gasteiger partial charge in [-0.3, -0.25) is 0 Å². The quantitative estimate of drug-likeness (QED) is 0.673. The fourth-order valence-electron chi connectivity index (χ4n) is 1.39. The smallest absolute Gasteiger partial charge is 0.279 e. The lowest BCUT2D eigenvalue weighted by atomic mass is 10.2. The molecule has 1 fully saturated rings. The summed E-state index contributed by atoms with van der Waals surface area (Å²) in [6, 6.07) is 0. The molecule has 0 saturated carbocycles. The summed E-state index contributed by atoms with van der Waals surface area (Å²) >= 11 is 0. The third-order valence-electron chi connectivity index (χ3n) is 2.01. The highest BCUT2D eigenvalue weighted by atomic mass is 32.2. The molecule has 0 bridgehead atoms. The number of nitrogens with zero attached hydrogens (tertiary/aromatic N) is 1. The molecule has 0 aliphatic carbocycles. The van der Waals surface area contributed by atoms with Crippen LogP contribution in [-0.4, -0.2) is 34.0 Å². The molecule has 2 aliphatic rings. The van der Waals surface area contributed by atoms with Crippen molar-refractivity contribution in [3.05, 3.63) is 11.2 Å². The fraction of sp³-hybridized carbons (Fsp3) is 0.625. The largest absolute Gasteiger partial charge is 0.486 e. The topological polar surface area (TPSA) is 65.0 Å². The zero-order valence-electron chi connectivity index (χ0n) is 7.55. The van der Waals surface area contributed by atoms with E-state index in [1.807, 2.05) is 0 Å². The van der Waals surface area contributed by atoms with Gasteiger partial charge in [0.15, 0.2) is 5.76 Å². The molecule has 0 aromatic carbocycles. The number of hydrogen-bond donors (Lipinski definition) is 0. The third kappa shape index (κ3) is 2.33. The van der Waals surface area contributed by atoms with Gasteiger partial charge in [0.05, 0.1) is 18.2 Å². The van der Waals surface area contributed by atoms with Gasteiger partial charge < -0.3 is 9.47 Å². The van der Waals surface area contributed by atoms with Crippen LogP contribution in [0, 0.1) is 0 Å². The maximum absolute atomic E-state index is 10.9. The second kappa shape index (κ2) is 3.70. The Hall–Kier alpha value is -0.880. The van der Waals surface area contributed by atoms with Crippen molar-refractivity contribution >= 4 is 16.2 Å². The second-order valence-corrected chi connectivity index (χ2v) is 4.70. The minimum absolute atomic E-state index is 0.0465. The molecule has 1 unspecified atom stereocenters. The number of rotatable bonds is 2. The van der Waals surface area contributed by atoms with E-state index in [9.17, 15) is 8.42 Å². The molecule has 14 heavy (non-hydrogen) atoms. The molecule has 0 amide bonds. The molecule has 6 heteroatoms. The van der Waals surface area contributed by atoms with Crippen LogP contribution in [0.1, 0.15) is 12.8 Å². The Morgan fingerprint density at radius 1 is 1.57 bits per heavy atom. The summed E-state index contributed by atoms with van der Waals surface area (Å²) in [4.78, 5) is 0. The average Bonchev–Trinajstić information content (AvgIpc) is 2.47. The van der Waals surface area contributed by atoms with Gasteiger partial charge in [-0.05, 0) is 12.8 Å². The Labute approximate surface area is 82.5 Å². The minimum atomic E-state index is -3.40. The first-order valence-electron chi connectivity index (χ1n) is 4.42. The predicted molar refractivity (Wildman–Crippen MR) is 50.4 cm³/mol. The lowest BCUT2D eigenvalue weighted by molar-refractivity contribution is -0.0174. The van der Waals surface area contributed by atoms with E-state index in [-0.39, 0.29) is 6.10 Å². The van der Waals surface area contributed by atoms with E-state index in [1.165, 1.54) is 6.21 Å². The van der Waals surface area contributed by atoms with Crippen molar-refractivity contribution in [3.63, 3.8) is 0 Å². The van der Waals surface area contributed by atoms with Gasteiger partial charge in [-0.15, -0.1) is 0 Å². The molecule has 0 spiro atoms. The molecule has 2 rings (SSSR count). The maximum atomic E-state index is 10.9. The van der Waals surface area contributed by atoms with Gasteiger partial charge in [0.2, 0.25) is 0 Å². The molecular formula is C8H11NO4S. The third-order valence-corrected chi connectivity index (χ3v) is 2.94. The molecule has 5 nitrogen and oxygen atoms in total. The first kappa shape index (κ1) is 9.67. The summed E-state index contributed by atoms with van der Waals surface area (Å²) in [5.41, 5.74) is 0. The second-order valence-electron chi connectivity index (χ2n) is 3.23. The highest BCUT2D eigenvalue weighted by Gasteiger charge is 2.20. The normalized spacial score (nSPS) is 30.0. The van der Waals surface area contributed by atoms with Crippen molar-refractivity contribution in [2.75, 3.05) is 13.2 Å². The zero-order chi connectivity index (χ0) is 10.0. The van der Waals surface area contributed by atoms with Gasteiger partial charge >= 0.3 is 0 Å². The lowest BCUT2D eigenvalue weighted by Crippen LogP contribution is -2.25. The van der Waals surface area contributed by atoms with Crippen LogP contribution in [0.15, 0.2) is 15.6 Å². The molecule has 1 saturated heterocycles. The summed E-state index contributed by atoms with van der Waals surface area (Å²) in [7, 11) is -3.40. The number of hydrogen-bond acceptors (Lipinski definition) is 4. The molecule has 0 aromatic heterocycles. The van der Waals surface area contributed by atoms with E-state index >= 15 is 0 Å². The summed E-state index contributed by atoms with van der Waals surface area (Å²) in [5, 5.41) is 1.03. The van der Waals surface area contributed by atoms with Gasteiger partial charge in [-0.25, -0.2) is 0 Å². The SMILES string of the molecule is O=S1(=O)C=C(OC2CCCOC2)C=N1. The van der Waals surface area contributed by atoms with Crippen LogP contribution in [-0.2, 0) is 19.5 Å². The molecule has 0 aromatic rings. The van der Waals surface area contributed by atoms with Crippen LogP contribution >= 0.6 is 0 Å². The van der Waals surface area contributed by atoms with Crippen molar-refractivity contribution in [1.29, 1.82) is 0 Å². The van der Waals surface area contributed by atoms with Crippen LogP contribution < -0.4 is 0 Å². The van der Waals surface area contributed by atoms with Crippen LogP contribution in [0.3, 0.4) is 0 Å². The van der Waals surface area contributed by atoms with E-state index in [0.717, 1.165) is 24.9 Å². The molecule has 0 N–H and O–H groups in total. The highest BCUT2D eigenvalue weighted by molar-refractivity contribution is 7.93. The molecule has 1 atom stereocenters. The molecular weight excluding hydrogens is 206 g/mol. The van der Waals surface area contributed by atoms with Gasteiger partial charge in [0, 0.05) is 6.61 Å². The summed E-state index contributed by atoms with van der Waals surface area (Å²) in [6.07, 6.45) is 3.02. The van der Waals surface area contributed by atoms with Gasteiger partial charge in [-0.1, -0.05) is 0 Å². The monoisotopic (exact) mass is 217 g/mol. The summed E-state index contributed by atoms with van der Waals surface area (Å²) in [6.45, 7) is 1.27. The Morgan fingerprint density at radius 3 is 3.00 bits per heavy atom. The van der Waals surface area contributed by atoms with Crippen molar-refractivity contribution in [2.24, 2.45) is 4.40 Å². The first-order valence-corrected chi connectivity index (χ1v) is 5.92. The van der Waals surface area contributed by atoms with E-state index in [0.29, 0.717) is 12.4 Å². The summed E-state index contributed by atoms with van der Waals surface area (Å²) in [5.74, 6) is 0.306. The Balaban J connectivity index is 1.96. The van der Waals surface area contributed by atoms with Gasteiger partial charge in [0.25, 0.3) is 10.0 Å². The first-order chi connectivity index (χ1) is 6.66. The Bertz CT molecular complexity index is 365. The fourth-order valence-corrected chi connectivity index (χ4v) is 2.11. The van der Waals surface area contributed by atoms with E-state index in [2.05, 4.69) is 4.40 Å². The molecule has 0 radical (unpaired) electrons. The standard InChI is InChI=1S/C8H11NO4S/c10-14(11)6-8(4-9-14)13-7-2-1-3-12-5-7/h4,6-7H,1-3,5H2. The van der Waals surface area contributed by atoms with Crippen LogP contribution in [0.25, 0.3) is 0 Å². The Morgan fingerprint density at radius 2 is 2.43 bits per heavy atom. The zero-order valence-corrected chi connectivity index (χ0v) is 8.37. The number of allylic oxidation sites excluding steroid dienone is 1. The Kier molecular flexibility index (Phi) is 2.56. The average molecular weight is 217 g/mol. The minimum Gasteiger partial charge on any atom is -0.486 e. The van der Waals surface area contributed by atoms with Crippen molar-refractivity contribution in [1.82, 2.24) is 0 Å². The van der Waals surface area contributed by atoms with Gasteiger partial charge in [0.1, 0.15) is 6.10 Å². The lowest BCUT2D eigenvalue weighted by Gasteiger charge is -2.22. The predicted octanol–water partition coefficient (Wildman–Crippen LogP) is 0.438. The maximum Gasteiger partial charge on any atom is 0.279 e. The van der Waals surface area contributed by atoms with Crippen molar-refractivity contribution in [3.8, 4) is 0 Å². The van der Waals surface area contributed by atoms with Gasteiger partial charge in [-0.2, -0.15) is 12.8 Å². The van der Waals surface area contributed by atoms with Crippen LogP contribution in [0.4, 0.5) is 0 Å².